The lowest BCUT2D eigenvalue weighted by atomic mass is 9.89. The van der Waals surface area contributed by atoms with E-state index in [1.807, 2.05) is 6.07 Å². The van der Waals surface area contributed by atoms with E-state index in [1.165, 1.54) is 4.57 Å². The van der Waals surface area contributed by atoms with Crippen LogP contribution in [0, 0.1) is 17.2 Å². The Balaban J connectivity index is 1.85. The minimum Gasteiger partial charge on any atom is -0.457 e. The molecule has 1 aliphatic carbocycles. The van der Waals surface area contributed by atoms with Gasteiger partial charge in [0.05, 0.1) is 22.9 Å². The lowest BCUT2D eigenvalue weighted by Gasteiger charge is -2.20. The molecule has 0 radical (unpaired) electrons. The van der Waals surface area contributed by atoms with Crippen molar-refractivity contribution in [1.29, 1.82) is 5.26 Å². The molecule has 1 heterocycles. The van der Waals surface area contributed by atoms with E-state index in [0.717, 1.165) is 32.1 Å². The largest absolute Gasteiger partial charge is 0.457 e. The topological polar surface area (TPSA) is 85.0 Å². The minimum atomic E-state index is -0.286. The Labute approximate surface area is 139 Å². The van der Waals surface area contributed by atoms with Gasteiger partial charge in [-0.1, -0.05) is 31.4 Å². The van der Waals surface area contributed by atoms with Crippen molar-refractivity contribution in [3.05, 3.63) is 40.4 Å². The van der Waals surface area contributed by atoms with Gasteiger partial charge in [0.1, 0.15) is 13.2 Å². The van der Waals surface area contributed by atoms with Crippen LogP contribution in [0.3, 0.4) is 0 Å². The number of para-hydroxylation sites is 1. The van der Waals surface area contributed by atoms with Crippen LogP contribution in [0.2, 0.25) is 0 Å². The van der Waals surface area contributed by atoms with Gasteiger partial charge in [0.2, 0.25) is 0 Å². The third kappa shape index (κ3) is 3.30. The second kappa shape index (κ2) is 7.26. The van der Waals surface area contributed by atoms with Crippen LogP contribution in [-0.2, 0) is 22.7 Å². The molecule has 0 unspecified atom stereocenters. The summed E-state index contributed by atoms with van der Waals surface area (Å²) in [6.07, 6.45) is 4.97. The van der Waals surface area contributed by atoms with Crippen LogP contribution in [0.25, 0.3) is 10.9 Å². The summed E-state index contributed by atoms with van der Waals surface area (Å²) in [5.74, 6) is 0.0142. The Kier molecular flexibility index (Phi) is 4.90. The Morgan fingerprint density at radius 1 is 1.29 bits per heavy atom. The number of rotatable bonds is 4. The first kappa shape index (κ1) is 16.2. The van der Waals surface area contributed by atoms with Gasteiger partial charge >= 0.3 is 5.97 Å². The third-order valence-corrected chi connectivity index (χ3v) is 4.45. The van der Waals surface area contributed by atoms with Gasteiger partial charge in [-0.25, -0.2) is 4.98 Å². The van der Waals surface area contributed by atoms with E-state index in [1.54, 1.807) is 24.3 Å². The SMILES string of the molecule is N#CCn1c(COC(=O)C2CCCCC2)nc2ccccc2c1=O. The highest BCUT2D eigenvalue weighted by atomic mass is 16.5. The van der Waals surface area contributed by atoms with E-state index < -0.39 is 0 Å². The number of hydrogen-bond donors (Lipinski definition) is 0. The average Bonchev–Trinajstić information content (AvgIpc) is 2.63. The molecule has 6 nitrogen and oxygen atoms in total. The van der Waals surface area contributed by atoms with Gasteiger partial charge < -0.3 is 4.74 Å². The molecule has 3 rings (SSSR count). The normalized spacial score (nSPS) is 15.1. The molecule has 0 atom stereocenters. The van der Waals surface area contributed by atoms with Crippen molar-refractivity contribution in [3.63, 3.8) is 0 Å². The molecule has 1 aromatic carbocycles. The molecule has 1 fully saturated rings. The first-order valence-corrected chi connectivity index (χ1v) is 8.22. The molecule has 0 amide bonds. The molecule has 124 valence electrons. The molecule has 6 heteroatoms. The Morgan fingerprint density at radius 3 is 2.79 bits per heavy atom. The molecule has 1 saturated carbocycles. The molecular formula is C18H19N3O3. The van der Waals surface area contributed by atoms with Gasteiger partial charge in [-0.15, -0.1) is 0 Å². The summed E-state index contributed by atoms with van der Waals surface area (Å²) in [6.45, 7) is -0.204. The molecule has 2 aromatic rings. The maximum atomic E-state index is 12.5. The highest BCUT2D eigenvalue weighted by Crippen LogP contribution is 2.24. The number of esters is 1. The van der Waals surface area contributed by atoms with Crippen molar-refractivity contribution in [2.45, 2.75) is 45.3 Å². The minimum absolute atomic E-state index is 0.0599. The van der Waals surface area contributed by atoms with Gasteiger partial charge in [-0.2, -0.15) is 5.26 Å². The molecule has 24 heavy (non-hydrogen) atoms. The molecule has 0 aliphatic heterocycles. The number of carbonyl (C=O) groups excluding carboxylic acids is 1. The van der Waals surface area contributed by atoms with E-state index in [0.29, 0.717) is 16.7 Å². The molecule has 0 bridgehead atoms. The molecule has 1 aliphatic rings. The summed E-state index contributed by atoms with van der Waals surface area (Å²) in [5.41, 5.74) is 0.256. The number of benzene rings is 1. The lowest BCUT2D eigenvalue weighted by molar-refractivity contribution is -0.151. The first-order valence-electron chi connectivity index (χ1n) is 8.22. The van der Waals surface area contributed by atoms with Crippen molar-refractivity contribution in [2.24, 2.45) is 5.92 Å². The quantitative estimate of drug-likeness (QED) is 0.806. The van der Waals surface area contributed by atoms with Gasteiger partial charge in [0.15, 0.2) is 5.82 Å². The monoisotopic (exact) mass is 325 g/mol. The zero-order valence-electron chi connectivity index (χ0n) is 13.4. The van der Waals surface area contributed by atoms with Crippen molar-refractivity contribution < 1.29 is 9.53 Å². The van der Waals surface area contributed by atoms with Crippen LogP contribution >= 0.6 is 0 Å². The molecule has 0 saturated heterocycles. The highest BCUT2D eigenvalue weighted by Gasteiger charge is 2.23. The van der Waals surface area contributed by atoms with Gasteiger partial charge in [-0.3, -0.25) is 14.2 Å². The van der Waals surface area contributed by atoms with Crippen LogP contribution in [-0.4, -0.2) is 15.5 Å². The van der Waals surface area contributed by atoms with Gasteiger partial charge in [0.25, 0.3) is 5.56 Å². The van der Waals surface area contributed by atoms with Gasteiger partial charge in [0, 0.05) is 0 Å². The second-order valence-corrected chi connectivity index (χ2v) is 6.04. The van der Waals surface area contributed by atoms with Crippen LogP contribution in [0.4, 0.5) is 0 Å². The third-order valence-electron chi connectivity index (χ3n) is 4.45. The maximum Gasteiger partial charge on any atom is 0.309 e. The average molecular weight is 325 g/mol. The fourth-order valence-corrected chi connectivity index (χ4v) is 3.15. The molecule has 1 aromatic heterocycles. The number of carbonyl (C=O) groups is 1. The summed E-state index contributed by atoms with van der Waals surface area (Å²) in [6, 6.07) is 8.92. The van der Waals surface area contributed by atoms with Crippen molar-refractivity contribution in [2.75, 3.05) is 0 Å². The van der Waals surface area contributed by atoms with Gasteiger partial charge in [-0.05, 0) is 25.0 Å². The summed E-state index contributed by atoms with van der Waals surface area (Å²) < 4.78 is 6.66. The van der Waals surface area contributed by atoms with E-state index >= 15 is 0 Å². The van der Waals surface area contributed by atoms with Crippen LogP contribution in [0.1, 0.15) is 37.9 Å². The molecule has 0 spiro atoms. The predicted octanol–water partition coefficient (Wildman–Crippen LogP) is 2.54. The summed E-state index contributed by atoms with van der Waals surface area (Å²) in [4.78, 5) is 29.1. The predicted molar refractivity (Wildman–Crippen MR) is 88.0 cm³/mol. The van der Waals surface area contributed by atoms with E-state index in [-0.39, 0.29) is 30.6 Å². The fraction of sp³-hybridized carbons (Fsp3) is 0.444. The number of hydrogen-bond acceptors (Lipinski definition) is 5. The Bertz CT molecular complexity index is 845. The number of fused-ring (bicyclic) bond motifs is 1. The second-order valence-electron chi connectivity index (χ2n) is 6.04. The Morgan fingerprint density at radius 2 is 2.04 bits per heavy atom. The van der Waals surface area contributed by atoms with Crippen molar-refractivity contribution in [3.8, 4) is 6.07 Å². The summed E-state index contributed by atoms with van der Waals surface area (Å²) in [7, 11) is 0. The smallest absolute Gasteiger partial charge is 0.309 e. The van der Waals surface area contributed by atoms with Crippen LogP contribution < -0.4 is 5.56 Å². The van der Waals surface area contributed by atoms with Crippen LogP contribution in [0.15, 0.2) is 29.1 Å². The van der Waals surface area contributed by atoms with Crippen LogP contribution in [0.5, 0.6) is 0 Å². The van der Waals surface area contributed by atoms with Crippen molar-refractivity contribution in [1.82, 2.24) is 9.55 Å². The van der Waals surface area contributed by atoms with E-state index in [9.17, 15) is 9.59 Å². The zero-order valence-corrected chi connectivity index (χ0v) is 13.4. The van der Waals surface area contributed by atoms with E-state index in [2.05, 4.69) is 4.98 Å². The zero-order chi connectivity index (χ0) is 16.9. The Hall–Kier alpha value is -2.68. The number of nitrogens with zero attached hydrogens (tertiary/aromatic N) is 3. The summed E-state index contributed by atoms with van der Waals surface area (Å²) >= 11 is 0. The number of aromatic nitrogens is 2. The molecular weight excluding hydrogens is 306 g/mol. The number of ether oxygens (including phenoxy) is 1. The number of nitriles is 1. The highest BCUT2D eigenvalue weighted by molar-refractivity contribution is 5.77. The lowest BCUT2D eigenvalue weighted by Crippen LogP contribution is -2.27. The maximum absolute atomic E-state index is 12.5. The standard InChI is InChI=1S/C18H19N3O3/c19-10-11-21-16(12-24-18(23)13-6-2-1-3-7-13)20-15-9-5-4-8-14(15)17(21)22/h4-5,8-9,13H,1-3,6-7,11-12H2. The summed E-state index contributed by atoms with van der Waals surface area (Å²) in [5, 5.41) is 9.43. The van der Waals surface area contributed by atoms with Crippen molar-refractivity contribution >= 4 is 16.9 Å². The van der Waals surface area contributed by atoms with E-state index in [4.69, 9.17) is 10.00 Å². The molecule has 0 N–H and O–H groups in total. The first-order chi connectivity index (χ1) is 11.7. The fourth-order valence-electron chi connectivity index (χ4n) is 3.15.